The Morgan fingerprint density at radius 1 is 0.900 bits per heavy atom. The third-order valence-electron chi connectivity index (χ3n) is 3.40. The molecule has 0 radical (unpaired) electrons. The van der Waals surface area contributed by atoms with E-state index in [1.54, 1.807) is 18.2 Å². The van der Waals surface area contributed by atoms with Gasteiger partial charge in [0.1, 0.15) is 11.5 Å². The van der Waals surface area contributed by atoms with E-state index in [9.17, 15) is 5.11 Å². The van der Waals surface area contributed by atoms with Crippen LogP contribution in [0.2, 0.25) is 0 Å². The molecule has 0 aromatic heterocycles. The zero-order valence-electron chi connectivity index (χ0n) is 12.6. The van der Waals surface area contributed by atoms with Gasteiger partial charge in [0, 0.05) is 6.07 Å². The molecule has 0 spiro atoms. The maximum Gasteiger partial charge on any atom is 0.123 e. The minimum Gasteiger partial charge on any atom is -0.508 e. The normalized spacial score (nSPS) is 10.7. The first-order valence-electron chi connectivity index (χ1n) is 7.83. The second kappa shape index (κ2) is 10.6. The van der Waals surface area contributed by atoms with E-state index in [4.69, 9.17) is 9.84 Å². The largest absolute Gasteiger partial charge is 0.508 e. The molecule has 0 unspecified atom stereocenters. The Hall–Kier alpha value is -1.22. The summed E-state index contributed by atoms with van der Waals surface area (Å²) in [5.74, 6) is 0.777. The van der Waals surface area contributed by atoms with Crippen LogP contribution in [0.1, 0.15) is 63.9 Å². The third kappa shape index (κ3) is 7.39. The molecule has 0 aliphatic carbocycles. The number of aromatic hydroxyl groups is 1. The number of unbranched alkanes of at least 4 members (excludes halogenated alkanes) is 7. The molecule has 3 nitrogen and oxygen atoms in total. The van der Waals surface area contributed by atoms with Crippen LogP contribution in [0, 0.1) is 0 Å². The van der Waals surface area contributed by atoms with Crippen molar-refractivity contribution < 1.29 is 14.9 Å². The number of ether oxygens (including phenoxy) is 1. The Labute approximate surface area is 122 Å². The summed E-state index contributed by atoms with van der Waals surface area (Å²) in [5.41, 5.74) is 0.677. The first kappa shape index (κ1) is 16.8. The van der Waals surface area contributed by atoms with E-state index < -0.39 is 0 Å². The molecular formula is C17H28O3. The van der Waals surface area contributed by atoms with E-state index in [0.29, 0.717) is 17.9 Å². The van der Waals surface area contributed by atoms with Gasteiger partial charge >= 0.3 is 0 Å². The number of phenols is 1. The highest BCUT2D eigenvalue weighted by molar-refractivity contribution is 5.37. The standard InChI is InChI=1S/C17H28O3/c1-2-3-4-5-6-7-8-9-10-20-17-12-15(14-18)11-16(19)13-17/h11-13,18-19H,2-10,14H2,1H3. The van der Waals surface area contributed by atoms with Crippen molar-refractivity contribution in [1.82, 2.24) is 0 Å². The number of aliphatic hydroxyl groups excluding tert-OH is 1. The average Bonchev–Trinajstić information content (AvgIpc) is 2.45. The Balaban J connectivity index is 2.08. The number of rotatable bonds is 11. The van der Waals surface area contributed by atoms with Crippen molar-refractivity contribution in [2.75, 3.05) is 6.61 Å². The van der Waals surface area contributed by atoms with Crippen LogP contribution in [-0.4, -0.2) is 16.8 Å². The number of phenolic OH excluding ortho intramolecular Hbond substituents is 1. The van der Waals surface area contributed by atoms with Gasteiger partial charge in [-0.15, -0.1) is 0 Å². The smallest absolute Gasteiger partial charge is 0.123 e. The highest BCUT2D eigenvalue weighted by atomic mass is 16.5. The van der Waals surface area contributed by atoms with Gasteiger partial charge in [0.15, 0.2) is 0 Å². The highest BCUT2D eigenvalue weighted by Crippen LogP contribution is 2.22. The zero-order valence-corrected chi connectivity index (χ0v) is 12.6. The topological polar surface area (TPSA) is 49.7 Å². The molecule has 3 heteroatoms. The SMILES string of the molecule is CCCCCCCCCCOc1cc(O)cc(CO)c1. The summed E-state index contributed by atoms with van der Waals surface area (Å²) in [4.78, 5) is 0. The van der Waals surface area contributed by atoms with Gasteiger partial charge in [0.05, 0.1) is 13.2 Å². The van der Waals surface area contributed by atoms with Crippen molar-refractivity contribution in [3.05, 3.63) is 23.8 Å². The molecule has 0 aliphatic rings. The van der Waals surface area contributed by atoms with Gasteiger partial charge in [-0.3, -0.25) is 0 Å². The predicted octanol–water partition coefficient (Wildman–Crippen LogP) is 4.40. The minimum absolute atomic E-state index is 0.0808. The quantitative estimate of drug-likeness (QED) is 0.590. The lowest BCUT2D eigenvalue weighted by Crippen LogP contribution is -1.98. The summed E-state index contributed by atoms with van der Waals surface area (Å²) in [7, 11) is 0. The fourth-order valence-electron chi connectivity index (χ4n) is 2.24. The molecule has 114 valence electrons. The zero-order chi connectivity index (χ0) is 14.6. The average molecular weight is 280 g/mol. The van der Waals surface area contributed by atoms with Gasteiger partial charge in [0.25, 0.3) is 0 Å². The first-order chi connectivity index (χ1) is 9.76. The minimum atomic E-state index is -0.0808. The molecule has 20 heavy (non-hydrogen) atoms. The van der Waals surface area contributed by atoms with Gasteiger partial charge in [-0.1, -0.05) is 51.9 Å². The van der Waals surface area contributed by atoms with Gasteiger partial charge in [-0.2, -0.15) is 0 Å². The molecule has 1 rings (SSSR count). The van der Waals surface area contributed by atoms with Crippen LogP contribution in [0.5, 0.6) is 11.5 Å². The lowest BCUT2D eigenvalue weighted by atomic mass is 10.1. The number of hydrogen-bond acceptors (Lipinski definition) is 3. The second-order valence-corrected chi connectivity index (χ2v) is 5.32. The summed E-state index contributed by atoms with van der Waals surface area (Å²) in [6, 6.07) is 4.90. The van der Waals surface area contributed by atoms with E-state index >= 15 is 0 Å². The molecule has 0 saturated heterocycles. The van der Waals surface area contributed by atoms with Gasteiger partial charge < -0.3 is 14.9 Å². The van der Waals surface area contributed by atoms with E-state index in [0.717, 1.165) is 6.42 Å². The van der Waals surface area contributed by atoms with Crippen LogP contribution in [0.4, 0.5) is 0 Å². The molecule has 1 aromatic carbocycles. The van der Waals surface area contributed by atoms with Crippen molar-refractivity contribution in [3.8, 4) is 11.5 Å². The molecule has 2 N–H and O–H groups in total. The molecule has 0 saturated carbocycles. The summed E-state index contributed by atoms with van der Waals surface area (Å²) >= 11 is 0. The third-order valence-corrected chi connectivity index (χ3v) is 3.40. The molecule has 0 heterocycles. The van der Waals surface area contributed by atoms with Crippen LogP contribution in [0.15, 0.2) is 18.2 Å². The van der Waals surface area contributed by atoms with Gasteiger partial charge in [0.2, 0.25) is 0 Å². The Morgan fingerprint density at radius 3 is 2.20 bits per heavy atom. The summed E-state index contributed by atoms with van der Waals surface area (Å²) in [6.45, 7) is 2.83. The molecule has 0 amide bonds. The number of hydrogen-bond donors (Lipinski definition) is 2. The van der Waals surface area contributed by atoms with Crippen molar-refractivity contribution in [2.45, 2.75) is 64.9 Å². The Kier molecular flexibility index (Phi) is 8.88. The molecular weight excluding hydrogens is 252 g/mol. The van der Waals surface area contributed by atoms with Crippen LogP contribution in [-0.2, 0) is 6.61 Å². The number of aliphatic hydroxyl groups is 1. The second-order valence-electron chi connectivity index (χ2n) is 5.32. The van der Waals surface area contributed by atoms with E-state index in [-0.39, 0.29) is 12.4 Å². The molecule has 0 bridgehead atoms. The van der Waals surface area contributed by atoms with Crippen molar-refractivity contribution in [2.24, 2.45) is 0 Å². The van der Waals surface area contributed by atoms with Crippen molar-refractivity contribution >= 4 is 0 Å². The van der Waals surface area contributed by atoms with E-state index in [1.165, 1.54) is 44.9 Å². The fourth-order valence-corrected chi connectivity index (χ4v) is 2.24. The molecule has 0 fully saturated rings. The van der Waals surface area contributed by atoms with Gasteiger partial charge in [-0.05, 0) is 24.1 Å². The number of benzene rings is 1. The van der Waals surface area contributed by atoms with E-state index in [2.05, 4.69) is 6.92 Å². The summed E-state index contributed by atoms with van der Waals surface area (Å²) < 4.78 is 5.60. The van der Waals surface area contributed by atoms with Crippen LogP contribution in [0.25, 0.3) is 0 Å². The van der Waals surface area contributed by atoms with Crippen molar-refractivity contribution in [1.29, 1.82) is 0 Å². The van der Waals surface area contributed by atoms with E-state index in [1.807, 2.05) is 0 Å². The van der Waals surface area contributed by atoms with Crippen LogP contribution < -0.4 is 4.74 Å². The molecule has 1 aromatic rings. The lowest BCUT2D eigenvalue weighted by Gasteiger charge is -2.08. The molecule has 0 aliphatic heterocycles. The first-order valence-corrected chi connectivity index (χ1v) is 7.83. The monoisotopic (exact) mass is 280 g/mol. The molecule has 0 atom stereocenters. The highest BCUT2D eigenvalue weighted by Gasteiger charge is 2.00. The van der Waals surface area contributed by atoms with Crippen LogP contribution >= 0.6 is 0 Å². The van der Waals surface area contributed by atoms with Gasteiger partial charge in [-0.25, -0.2) is 0 Å². The maximum atomic E-state index is 9.48. The maximum absolute atomic E-state index is 9.48. The Bertz CT molecular complexity index is 363. The van der Waals surface area contributed by atoms with Crippen LogP contribution in [0.3, 0.4) is 0 Å². The fraction of sp³-hybridized carbons (Fsp3) is 0.647. The lowest BCUT2D eigenvalue weighted by molar-refractivity contribution is 0.276. The Morgan fingerprint density at radius 2 is 1.55 bits per heavy atom. The summed E-state index contributed by atoms with van der Waals surface area (Å²) in [5, 5.41) is 18.5. The van der Waals surface area contributed by atoms with Crippen molar-refractivity contribution in [3.63, 3.8) is 0 Å². The predicted molar refractivity (Wildman–Crippen MR) is 82.1 cm³/mol. The summed E-state index contributed by atoms with van der Waals surface area (Å²) in [6.07, 6.45) is 10.2.